The maximum Gasteiger partial charge on any atom is 0.198 e. The molecule has 1 N–H and O–H groups in total. The molecule has 1 unspecified atom stereocenters. The Hall–Kier alpha value is 0.500. The molecule has 0 heterocycles. The molecule has 1 atom stereocenters. The van der Waals surface area contributed by atoms with Crippen LogP contribution in [0.15, 0.2) is 9.66 Å². The molecule has 0 amide bonds. The summed E-state index contributed by atoms with van der Waals surface area (Å²) in [5.74, 6) is -0.579. The lowest BCUT2D eigenvalue weighted by Gasteiger charge is -2.20. The number of hydrogen-bond acceptors (Lipinski definition) is 3. The third-order valence-corrected chi connectivity index (χ3v) is 3.12. The molecule has 1 rings (SSSR count). The molecule has 0 fully saturated rings. The van der Waals surface area contributed by atoms with Crippen molar-refractivity contribution in [2.45, 2.75) is 10.0 Å². The molecule has 1 aliphatic rings. The van der Waals surface area contributed by atoms with Gasteiger partial charge >= 0.3 is 0 Å². The summed E-state index contributed by atoms with van der Waals surface area (Å²) in [6, 6.07) is 0. The van der Waals surface area contributed by atoms with Crippen molar-refractivity contribution in [2.75, 3.05) is 0 Å². The standard InChI is InChI=1S/C6H4I2O3/c7-3-1-5(10)6(8,11)2-4(3)9/h1,11H,2H2. The minimum Gasteiger partial charge on any atom is -0.372 e. The Labute approximate surface area is 90.5 Å². The fourth-order valence-electron chi connectivity index (χ4n) is 0.690. The maximum atomic E-state index is 11.0. The minimum atomic E-state index is -1.51. The topological polar surface area (TPSA) is 54.4 Å². The average Bonchev–Trinajstić information content (AvgIpc) is 1.83. The molecule has 0 aromatic rings. The molecular weight excluding hydrogens is 374 g/mol. The van der Waals surface area contributed by atoms with E-state index in [4.69, 9.17) is 0 Å². The van der Waals surface area contributed by atoms with Crippen LogP contribution in [0.1, 0.15) is 6.42 Å². The molecule has 0 aromatic carbocycles. The highest BCUT2D eigenvalue weighted by atomic mass is 127. The molecule has 0 radical (unpaired) electrons. The van der Waals surface area contributed by atoms with E-state index in [0.29, 0.717) is 3.58 Å². The fraction of sp³-hybridized carbons (Fsp3) is 0.333. The molecule has 11 heavy (non-hydrogen) atoms. The van der Waals surface area contributed by atoms with E-state index in [-0.39, 0.29) is 12.2 Å². The van der Waals surface area contributed by atoms with Crippen LogP contribution in [0.3, 0.4) is 0 Å². The second-order valence-corrected chi connectivity index (χ2v) is 5.16. The Balaban J connectivity index is 3.03. The first-order valence-electron chi connectivity index (χ1n) is 2.79. The predicted molar refractivity (Wildman–Crippen MR) is 55.7 cm³/mol. The fourth-order valence-corrected chi connectivity index (χ4v) is 1.67. The number of aliphatic hydroxyl groups is 1. The summed E-state index contributed by atoms with van der Waals surface area (Å²) in [5, 5.41) is 9.30. The molecule has 0 aliphatic heterocycles. The highest BCUT2D eigenvalue weighted by Crippen LogP contribution is 2.30. The van der Waals surface area contributed by atoms with E-state index in [2.05, 4.69) is 0 Å². The van der Waals surface area contributed by atoms with Gasteiger partial charge in [-0.3, -0.25) is 9.59 Å². The van der Waals surface area contributed by atoms with Crippen LogP contribution in [-0.2, 0) is 9.59 Å². The van der Waals surface area contributed by atoms with Crippen LogP contribution in [-0.4, -0.2) is 20.3 Å². The minimum absolute atomic E-state index is 0.110. The molecule has 3 nitrogen and oxygen atoms in total. The first kappa shape index (κ1) is 9.59. The van der Waals surface area contributed by atoms with Crippen molar-refractivity contribution in [1.29, 1.82) is 0 Å². The van der Waals surface area contributed by atoms with Crippen molar-refractivity contribution < 1.29 is 14.7 Å². The largest absolute Gasteiger partial charge is 0.372 e. The lowest BCUT2D eigenvalue weighted by Crippen LogP contribution is -2.36. The number of hydrogen-bond donors (Lipinski definition) is 1. The third kappa shape index (κ3) is 2.00. The number of ketones is 2. The van der Waals surface area contributed by atoms with E-state index in [9.17, 15) is 14.7 Å². The van der Waals surface area contributed by atoms with Gasteiger partial charge in [0.15, 0.2) is 15.2 Å². The van der Waals surface area contributed by atoms with Crippen LogP contribution in [0.2, 0.25) is 0 Å². The van der Waals surface area contributed by atoms with E-state index in [1.807, 2.05) is 0 Å². The maximum absolute atomic E-state index is 11.0. The number of Topliss-reactive ketones (excluding diaryl/α,β-unsaturated/α-hetero) is 1. The lowest BCUT2D eigenvalue weighted by molar-refractivity contribution is -0.129. The first-order chi connectivity index (χ1) is 4.93. The smallest absolute Gasteiger partial charge is 0.198 e. The Bertz CT molecular complexity index is 255. The Morgan fingerprint density at radius 2 is 2.09 bits per heavy atom. The van der Waals surface area contributed by atoms with Gasteiger partial charge in [0, 0.05) is 6.08 Å². The van der Waals surface area contributed by atoms with Gasteiger partial charge in [-0.1, -0.05) is 0 Å². The summed E-state index contributed by atoms with van der Waals surface area (Å²) in [7, 11) is 0. The van der Waals surface area contributed by atoms with E-state index in [0.717, 1.165) is 0 Å². The second kappa shape index (κ2) is 3.09. The zero-order valence-corrected chi connectivity index (χ0v) is 9.62. The van der Waals surface area contributed by atoms with Gasteiger partial charge in [0.1, 0.15) is 0 Å². The van der Waals surface area contributed by atoms with Gasteiger partial charge in [0.25, 0.3) is 0 Å². The van der Waals surface area contributed by atoms with Gasteiger partial charge in [-0.15, -0.1) is 0 Å². The average molecular weight is 378 g/mol. The molecule has 0 spiro atoms. The van der Waals surface area contributed by atoms with E-state index in [1.165, 1.54) is 6.08 Å². The Morgan fingerprint density at radius 3 is 2.55 bits per heavy atom. The van der Waals surface area contributed by atoms with Crippen molar-refractivity contribution in [1.82, 2.24) is 0 Å². The quantitative estimate of drug-likeness (QED) is 0.505. The summed E-state index contributed by atoms with van der Waals surface area (Å²) < 4.78 is -1.11. The number of halogens is 2. The number of rotatable bonds is 0. The summed E-state index contributed by atoms with van der Waals surface area (Å²) in [5.41, 5.74) is 0. The van der Waals surface area contributed by atoms with Crippen LogP contribution in [0, 0.1) is 0 Å². The third-order valence-electron chi connectivity index (χ3n) is 1.30. The van der Waals surface area contributed by atoms with Crippen LogP contribution < -0.4 is 0 Å². The van der Waals surface area contributed by atoms with E-state index < -0.39 is 9.39 Å². The van der Waals surface area contributed by atoms with Crippen molar-refractivity contribution in [3.05, 3.63) is 9.66 Å². The SMILES string of the molecule is O=C1CC(O)(I)C(=O)C=C1I. The van der Waals surface area contributed by atoms with Crippen LogP contribution >= 0.6 is 45.2 Å². The van der Waals surface area contributed by atoms with Crippen LogP contribution in [0.5, 0.6) is 0 Å². The number of carbonyl (C=O) groups is 2. The molecular formula is C6H4I2O3. The van der Waals surface area contributed by atoms with Gasteiger partial charge in [0.05, 0.1) is 10.0 Å². The zero-order chi connectivity index (χ0) is 8.65. The highest BCUT2D eigenvalue weighted by molar-refractivity contribution is 14.1. The summed E-state index contributed by atoms with van der Waals surface area (Å²) in [6.07, 6.45) is 1.07. The predicted octanol–water partition coefficient (Wildman–Crippen LogP) is 0.971. The van der Waals surface area contributed by atoms with Crippen LogP contribution in [0.4, 0.5) is 0 Å². The molecule has 0 saturated carbocycles. The number of alkyl halides is 1. The van der Waals surface area contributed by atoms with Gasteiger partial charge in [-0.2, -0.15) is 0 Å². The monoisotopic (exact) mass is 378 g/mol. The molecule has 0 bridgehead atoms. The van der Waals surface area contributed by atoms with Gasteiger partial charge in [-0.25, -0.2) is 0 Å². The van der Waals surface area contributed by atoms with E-state index >= 15 is 0 Å². The van der Waals surface area contributed by atoms with E-state index in [1.54, 1.807) is 45.2 Å². The van der Waals surface area contributed by atoms with Gasteiger partial charge < -0.3 is 5.11 Å². The molecule has 0 saturated heterocycles. The lowest BCUT2D eigenvalue weighted by atomic mass is 10.0. The summed E-state index contributed by atoms with van der Waals surface area (Å²) in [4.78, 5) is 21.9. The Kier molecular flexibility index (Phi) is 2.70. The van der Waals surface area contributed by atoms with Gasteiger partial charge in [0.2, 0.25) is 0 Å². The summed E-state index contributed by atoms with van der Waals surface area (Å²) in [6.45, 7) is 0. The molecule has 0 aromatic heterocycles. The Morgan fingerprint density at radius 1 is 1.55 bits per heavy atom. The normalized spacial score (nSPS) is 32.1. The highest BCUT2D eigenvalue weighted by Gasteiger charge is 2.38. The van der Waals surface area contributed by atoms with Gasteiger partial charge in [-0.05, 0) is 45.2 Å². The van der Waals surface area contributed by atoms with Crippen molar-refractivity contribution in [3.63, 3.8) is 0 Å². The number of allylic oxidation sites excluding steroid dienone is 1. The molecule has 60 valence electrons. The van der Waals surface area contributed by atoms with Crippen molar-refractivity contribution in [2.24, 2.45) is 0 Å². The second-order valence-electron chi connectivity index (χ2n) is 2.22. The summed E-state index contributed by atoms with van der Waals surface area (Å²) >= 11 is 3.37. The molecule has 1 aliphatic carbocycles. The van der Waals surface area contributed by atoms with Crippen molar-refractivity contribution in [3.8, 4) is 0 Å². The zero-order valence-electron chi connectivity index (χ0n) is 5.30. The molecule has 5 heteroatoms. The first-order valence-corrected chi connectivity index (χ1v) is 4.95. The van der Waals surface area contributed by atoms with Crippen molar-refractivity contribution >= 4 is 56.7 Å². The number of carbonyl (C=O) groups excluding carboxylic acids is 2. The van der Waals surface area contributed by atoms with Crippen LogP contribution in [0.25, 0.3) is 0 Å².